The summed E-state index contributed by atoms with van der Waals surface area (Å²) in [7, 11) is 0. The Balaban J connectivity index is 2.03. The van der Waals surface area contributed by atoms with Crippen molar-refractivity contribution in [2.75, 3.05) is 13.2 Å². The highest BCUT2D eigenvalue weighted by Crippen LogP contribution is 2.37. The molecule has 1 aromatic heterocycles. The van der Waals surface area contributed by atoms with Crippen LogP contribution in [0.15, 0.2) is 27.4 Å². The Kier molecular flexibility index (Phi) is 7.69. The van der Waals surface area contributed by atoms with E-state index in [0.29, 0.717) is 12.4 Å². The molecule has 5 atom stereocenters. The van der Waals surface area contributed by atoms with Gasteiger partial charge in [-0.1, -0.05) is 13.3 Å². The van der Waals surface area contributed by atoms with Crippen LogP contribution in [-0.2, 0) is 9.53 Å². The second-order valence-corrected chi connectivity index (χ2v) is 7.32. The normalized spacial score (nSPS) is 25.5. The monoisotopic (exact) mass is 454 g/mol. The van der Waals surface area contributed by atoms with E-state index in [2.05, 4.69) is 0 Å². The molecule has 4 N–H and O–H groups in total. The Labute approximate surface area is 182 Å². The second-order valence-electron chi connectivity index (χ2n) is 7.32. The summed E-state index contributed by atoms with van der Waals surface area (Å²) < 4.78 is 26.8. The number of ether oxygens (including phenoxy) is 4. The Morgan fingerprint density at radius 2 is 1.88 bits per heavy atom. The molecule has 32 heavy (non-hydrogen) atoms. The van der Waals surface area contributed by atoms with Crippen LogP contribution in [0.25, 0.3) is 11.0 Å². The van der Waals surface area contributed by atoms with Crippen molar-refractivity contribution in [2.45, 2.75) is 57.4 Å². The number of benzene rings is 1. The minimum atomic E-state index is -1.74. The van der Waals surface area contributed by atoms with Crippen LogP contribution in [-0.4, -0.2) is 70.3 Å². The number of unbranched alkanes of at least 4 members (excludes halogenated alkanes) is 1. The Hall–Kier alpha value is -2.70. The van der Waals surface area contributed by atoms with Crippen LogP contribution < -0.4 is 19.8 Å². The van der Waals surface area contributed by atoms with Gasteiger partial charge in [0.1, 0.15) is 35.7 Å². The average Bonchev–Trinajstić information content (AvgIpc) is 2.76. The largest absolute Gasteiger partial charge is 0.493 e. The molecule has 2 heterocycles. The Bertz CT molecular complexity index is 999. The third-order valence-corrected chi connectivity index (χ3v) is 4.89. The zero-order valence-electron chi connectivity index (χ0n) is 17.6. The molecule has 1 saturated heterocycles. The first-order valence-corrected chi connectivity index (χ1v) is 10.2. The molecule has 1 aliphatic rings. The van der Waals surface area contributed by atoms with Gasteiger partial charge in [-0.15, -0.1) is 0 Å². The maximum atomic E-state index is 12.5. The van der Waals surface area contributed by atoms with Gasteiger partial charge < -0.3 is 43.8 Å². The van der Waals surface area contributed by atoms with Crippen molar-refractivity contribution in [1.82, 2.24) is 0 Å². The molecule has 1 fully saturated rings. The van der Waals surface area contributed by atoms with Gasteiger partial charge in [-0.3, -0.25) is 4.79 Å². The molecule has 0 saturated carbocycles. The first-order chi connectivity index (χ1) is 15.3. The van der Waals surface area contributed by atoms with E-state index in [1.54, 1.807) is 6.07 Å². The fourth-order valence-corrected chi connectivity index (χ4v) is 3.19. The minimum absolute atomic E-state index is 0.0551. The summed E-state index contributed by atoms with van der Waals surface area (Å²) in [5, 5.41) is 39.8. The summed E-state index contributed by atoms with van der Waals surface area (Å²) >= 11 is 0. The molecule has 0 bridgehead atoms. The average molecular weight is 454 g/mol. The Morgan fingerprint density at radius 1 is 1.12 bits per heavy atom. The van der Waals surface area contributed by atoms with Gasteiger partial charge in [-0.05, 0) is 18.6 Å². The van der Waals surface area contributed by atoms with Crippen LogP contribution in [0, 0.1) is 0 Å². The van der Waals surface area contributed by atoms with Crippen molar-refractivity contribution >= 4 is 16.9 Å². The zero-order valence-corrected chi connectivity index (χ0v) is 17.6. The summed E-state index contributed by atoms with van der Waals surface area (Å²) in [6.45, 7) is 2.89. The number of aliphatic hydroxyl groups excluding tert-OH is 4. The van der Waals surface area contributed by atoms with Crippen LogP contribution in [0.3, 0.4) is 0 Å². The lowest BCUT2D eigenvalue weighted by Gasteiger charge is -2.39. The van der Waals surface area contributed by atoms with Gasteiger partial charge in [0.2, 0.25) is 6.29 Å². The highest BCUT2D eigenvalue weighted by atomic mass is 16.7. The van der Waals surface area contributed by atoms with E-state index in [-0.39, 0.29) is 16.7 Å². The number of rotatable bonds is 8. The molecule has 0 radical (unpaired) electrons. The molecule has 1 aromatic carbocycles. The minimum Gasteiger partial charge on any atom is -0.493 e. The fourth-order valence-electron chi connectivity index (χ4n) is 3.19. The van der Waals surface area contributed by atoms with Gasteiger partial charge in [0, 0.05) is 13.0 Å². The highest BCUT2D eigenvalue weighted by Gasteiger charge is 2.45. The van der Waals surface area contributed by atoms with E-state index in [9.17, 15) is 30.0 Å². The Morgan fingerprint density at radius 3 is 2.53 bits per heavy atom. The van der Waals surface area contributed by atoms with E-state index < -0.39 is 54.7 Å². The number of esters is 1. The lowest BCUT2D eigenvalue weighted by molar-refractivity contribution is -0.277. The second kappa shape index (κ2) is 10.3. The number of hydrogen-bond acceptors (Lipinski definition) is 11. The van der Waals surface area contributed by atoms with Gasteiger partial charge in [0.05, 0.1) is 18.6 Å². The van der Waals surface area contributed by atoms with Crippen molar-refractivity contribution in [2.24, 2.45) is 0 Å². The molecule has 0 spiro atoms. The maximum Gasteiger partial charge on any atom is 0.383 e. The molecule has 3 rings (SSSR count). The lowest BCUT2D eigenvalue weighted by Crippen LogP contribution is -2.60. The number of aliphatic hydroxyl groups is 4. The highest BCUT2D eigenvalue weighted by molar-refractivity contribution is 5.87. The standard InChI is InChI=1S/C21H26O11/c1-3-4-7-28-11-5-6-12-13(8-11)30-20(27)19(29-10(2)23)18(12)32-21-17(26)16(25)15(24)14(9-22)31-21/h5-6,8,14-17,21-22,24-26H,3-4,7,9H2,1-2H3/t14-,15-,16+,17+,21+/m1/s1. The summed E-state index contributed by atoms with van der Waals surface area (Å²) in [5.41, 5.74) is -0.975. The smallest absolute Gasteiger partial charge is 0.383 e. The molecule has 2 aromatic rings. The third kappa shape index (κ3) is 5.03. The van der Waals surface area contributed by atoms with Crippen LogP contribution in [0.5, 0.6) is 17.2 Å². The number of carbonyl (C=O) groups is 1. The van der Waals surface area contributed by atoms with E-state index in [4.69, 9.17) is 23.4 Å². The van der Waals surface area contributed by atoms with Crippen LogP contribution >= 0.6 is 0 Å². The molecule has 176 valence electrons. The van der Waals surface area contributed by atoms with Crippen molar-refractivity contribution < 1.29 is 48.6 Å². The molecule has 1 aliphatic heterocycles. The van der Waals surface area contributed by atoms with Crippen LogP contribution in [0.2, 0.25) is 0 Å². The summed E-state index contributed by atoms with van der Waals surface area (Å²) in [5.74, 6) is -1.25. The summed E-state index contributed by atoms with van der Waals surface area (Å²) in [6.07, 6.45) is -6.11. The SMILES string of the molecule is CCCCOc1ccc2c(O[C@@H]3O[C@H](CO)[C@@H](O)[C@H](O)[C@@H]3O)c(OC(C)=O)c(=O)oc2c1. The van der Waals surface area contributed by atoms with Gasteiger partial charge in [0.25, 0.3) is 5.75 Å². The predicted molar refractivity (Wildman–Crippen MR) is 109 cm³/mol. The van der Waals surface area contributed by atoms with Crippen LogP contribution in [0.1, 0.15) is 26.7 Å². The molecule has 11 heteroatoms. The number of fused-ring (bicyclic) bond motifs is 1. The van der Waals surface area contributed by atoms with Crippen molar-refractivity contribution in [3.63, 3.8) is 0 Å². The van der Waals surface area contributed by atoms with Gasteiger partial charge >= 0.3 is 11.6 Å². The molecular formula is C21H26O11. The first-order valence-electron chi connectivity index (χ1n) is 10.2. The van der Waals surface area contributed by atoms with Gasteiger partial charge in [-0.2, -0.15) is 0 Å². The predicted octanol–water partition coefficient (Wildman–Crippen LogP) is 0.0759. The van der Waals surface area contributed by atoms with Crippen molar-refractivity contribution in [1.29, 1.82) is 0 Å². The van der Waals surface area contributed by atoms with E-state index in [0.717, 1.165) is 19.8 Å². The van der Waals surface area contributed by atoms with E-state index >= 15 is 0 Å². The van der Waals surface area contributed by atoms with Gasteiger partial charge in [-0.25, -0.2) is 4.79 Å². The molecule has 0 amide bonds. The van der Waals surface area contributed by atoms with E-state index in [1.165, 1.54) is 12.1 Å². The van der Waals surface area contributed by atoms with Crippen molar-refractivity contribution in [3.8, 4) is 17.2 Å². The topological polar surface area (TPSA) is 165 Å². The van der Waals surface area contributed by atoms with Gasteiger partial charge in [0.15, 0.2) is 5.75 Å². The van der Waals surface area contributed by atoms with E-state index in [1.807, 2.05) is 6.92 Å². The lowest BCUT2D eigenvalue weighted by atomic mass is 9.99. The number of hydrogen-bond donors (Lipinski definition) is 4. The summed E-state index contributed by atoms with van der Waals surface area (Å²) in [4.78, 5) is 24.1. The molecule has 0 aliphatic carbocycles. The molecular weight excluding hydrogens is 428 g/mol. The number of carbonyl (C=O) groups excluding carboxylic acids is 1. The third-order valence-electron chi connectivity index (χ3n) is 4.89. The summed E-state index contributed by atoms with van der Waals surface area (Å²) in [6, 6.07) is 4.56. The first kappa shape index (κ1) is 24.0. The fraction of sp³-hybridized carbons (Fsp3) is 0.524. The maximum absolute atomic E-state index is 12.5. The quantitative estimate of drug-likeness (QED) is 0.242. The zero-order chi connectivity index (χ0) is 23.4. The molecule has 11 nitrogen and oxygen atoms in total. The van der Waals surface area contributed by atoms with Crippen LogP contribution in [0.4, 0.5) is 0 Å². The molecule has 0 unspecified atom stereocenters. The van der Waals surface area contributed by atoms with Crippen molar-refractivity contribution in [3.05, 3.63) is 28.6 Å².